The van der Waals surface area contributed by atoms with Crippen molar-refractivity contribution in [3.63, 3.8) is 0 Å². The normalized spacial score (nSPS) is 15.0. The molecule has 2 heterocycles. The molecule has 0 spiro atoms. The molecule has 6 heteroatoms. The van der Waals surface area contributed by atoms with Crippen LogP contribution in [-0.4, -0.2) is 30.6 Å². The van der Waals surface area contributed by atoms with Crippen LogP contribution >= 0.6 is 11.6 Å². The molecule has 27 heavy (non-hydrogen) atoms. The molecule has 0 bridgehead atoms. The van der Waals surface area contributed by atoms with Crippen LogP contribution in [0, 0.1) is 5.92 Å². The van der Waals surface area contributed by atoms with Gasteiger partial charge < -0.3 is 15.4 Å². The van der Waals surface area contributed by atoms with Crippen LogP contribution in [0.4, 0.5) is 11.5 Å². The molecule has 3 rings (SSSR count). The number of halogens is 1. The summed E-state index contributed by atoms with van der Waals surface area (Å²) in [5.74, 6) is 1.26. The Bertz CT molecular complexity index is 789. The smallest absolute Gasteiger partial charge is 0.253 e. The quantitative estimate of drug-likeness (QED) is 0.750. The molecular formula is C21H26ClN3O2. The number of benzene rings is 1. The minimum atomic E-state index is -0.0630. The van der Waals surface area contributed by atoms with Gasteiger partial charge in [-0.05, 0) is 55.0 Å². The second kappa shape index (κ2) is 9.20. The third-order valence-electron chi connectivity index (χ3n) is 4.71. The molecule has 1 aromatic carbocycles. The number of nitrogens with zero attached hydrogens (tertiary/aromatic N) is 1. The number of rotatable bonds is 6. The van der Waals surface area contributed by atoms with Gasteiger partial charge in [0, 0.05) is 30.5 Å². The van der Waals surface area contributed by atoms with Crippen molar-refractivity contribution in [2.75, 3.05) is 25.1 Å². The van der Waals surface area contributed by atoms with Gasteiger partial charge in [-0.2, -0.15) is 0 Å². The van der Waals surface area contributed by atoms with Crippen molar-refractivity contribution in [3.05, 3.63) is 52.7 Å². The molecule has 1 saturated heterocycles. The van der Waals surface area contributed by atoms with E-state index in [0.717, 1.165) is 37.4 Å². The molecule has 144 valence electrons. The predicted molar refractivity (Wildman–Crippen MR) is 109 cm³/mol. The Kier molecular flexibility index (Phi) is 6.69. The maximum atomic E-state index is 12.7. The number of nitrogens with one attached hydrogen (secondary N) is 2. The number of aromatic nitrogens is 1. The van der Waals surface area contributed by atoms with Gasteiger partial charge in [0.15, 0.2) is 0 Å². The van der Waals surface area contributed by atoms with Crippen LogP contribution in [0.5, 0.6) is 0 Å². The Hall–Kier alpha value is -2.11. The molecule has 1 fully saturated rings. The summed E-state index contributed by atoms with van der Waals surface area (Å²) < 4.78 is 5.37. The van der Waals surface area contributed by atoms with Crippen molar-refractivity contribution >= 4 is 29.0 Å². The molecule has 0 radical (unpaired) electrons. The third-order valence-corrected chi connectivity index (χ3v) is 4.94. The van der Waals surface area contributed by atoms with Crippen LogP contribution in [0.25, 0.3) is 0 Å². The second-order valence-electron chi connectivity index (χ2n) is 7.19. The van der Waals surface area contributed by atoms with Crippen molar-refractivity contribution in [1.82, 2.24) is 10.3 Å². The highest BCUT2D eigenvalue weighted by Crippen LogP contribution is 2.24. The Balaban J connectivity index is 1.71. The SMILES string of the molecule is CC(C)c1nc(Nc2cccc(Cl)c2)ccc1C(=O)NCC1CCOCC1. The van der Waals surface area contributed by atoms with Gasteiger partial charge >= 0.3 is 0 Å². The maximum Gasteiger partial charge on any atom is 0.253 e. The van der Waals surface area contributed by atoms with Crippen molar-refractivity contribution in [2.45, 2.75) is 32.6 Å². The lowest BCUT2D eigenvalue weighted by molar-refractivity contribution is 0.0642. The molecule has 0 unspecified atom stereocenters. The number of amides is 1. The maximum absolute atomic E-state index is 12.7. The lowest BCUT2D eigenvalue weighted by atomic mass is 9.99. The van der Waals surface area contributed by atoms with E-state index in [1.165, 1.54) is 0 Å². The van der Waals surface area contributed by atoms with Crippen LogP contribution in [0.1, 0.15) is 48.7 Å². The first-order valence-electron chi connectivity index (χ1n) is 9.42. The fraction of sp³-hybridized carbons (Fsp3) is 0.429. The Morgan fingerprint density at radius 2 is 2.04 bits per heavy atom. The summed E-state index contributed by atoms with van der Waals surface area (Å²) in [6, 6.07) is 11.1. The summed E-state index contributed by atoms with van der Waals surface area (Å²) >= 11 is 6.04. The standard InChI is InChI=1S/C21H26ClN3O2/c1-14(2)20-18(21(26)23-13-15-8-10-27-11-9-15)6-7-19(25-20)24-17-5-3-4-16(22)12-17/h3-7,12,14-15H,8-11,13H2,1-2H3,(H,23,26)(H,24,25). The Labute approximate surface area is 165 Å². The first-order valence-corrected chi connectivity index (χ1v) is 9.80. The topological polar surface area (TPSA) is 63.2 Å². The first kappa shape index (κ1) is 19.6. The average molecular weight is 388 g/mol. The monoisotopic (exact) mass is 387 g/mol. The zero-order chi connectivity index (χ0) is 19.2. The van der Waals surface area contributed by atoms with Crippen molar-refractivity contribution in [2.24, 2.45) is 5.92 Å². The summed E-state index contributed by atoms with van der Waals surface area (Å²) in [4.78, 5) is 17.4. The predicted octanol–water partition coefficient (Wildman–Crippen LogP) is 4.76. The zero-order valence-electron chi connectivity index (χ0n) is 15.8. The molecular weight excluding hydrogens is 362 g/mol. The summed E-state index contributed by atoms with van der Waals surface area (Å²) in [6.45, 7) is 6.33. The first-order chi connectivity index (χ1) is 13.0. The highest BCUT2D eigenvalue weighted by atomic mass is 35.5. The van der Waals surface area contributed by atoms with Crippen LogP contribution in [0.3, 0.4) is 0 Å². The van der Waals surface area contributed by atoms with E-state index in [9.17, 15) is 4.79 Å². The highest BCUT2D eigenvalue weighted by Gasteiger charge is 2.19. The van der Waals surface area contributed by atoms with E-state index in [-0.39, 0.29) is 11.8 Å². The molecule has 1 aliphatic heterocycles. The Morgan fingerprint density at radius 3 is 2.74 bits per heavy atom. The summed E-state index contributed by atoms with van der Waals surface area (Å²) in [6.07, 6.45) is 2.00. The lowest BCUT2D eigenvalue weighted by Gasteiger charge is -2.22. The number of hydrogen-bond donors (Lipinski definition) is 2. The number of anilines is 2. The van der Waals surface area contributed by atoms with E-state index < -0.39 is 0 Å². The molecule has 0 aliphatic carbocycles. The largest absolute Gasteiger partial charge is 0.381 e. The van der Waals surface area contributed by atoms with Gasteiger partial charge in [0.1, 0.15) is 5.82 Å². The summed E-state index contributed by atoms with van der Waals surface area (Å²) in [5.41, 5.74) is 2.28. The van der Waals surface area contributed by atoms with Crippen LogP contribution in [0.2, 0.25) is 5.02 Å². The van der Waals surface area contributed by atoms with Gasteiger partial charge in [0.05, 0.1) is 11.3 Å². The zero-order valence-corrected chi connectivity index (χ0v) is 16.6. The molecule has 2 N–H and O–H groups in total. The molecule has 1 aromatic heterocycles. The van der Waals surface area contributed by atoms with Gasteiger partial charge in [0.2, 0.25) is 0 Å². The second-order valence-corrected chi connectivity index (χ2v) is 7.62. The molecule has 0 atom stereocenters. The fourth-order valence-corrected chi connectivity index (χ4v) is 3.36. The lowest BCUT2D eigenvalue weighted by Crippen LogP contribution is -2.33. The van der Waals surface area contributed by atoms with E-state index in [1.54, 1.807) is 0 Å². The van der Waals surface area contributed by atoms with Crippen LogP contribution in [0.15, 0.2) is 36.4 Å². The van der Waals surface area contributed by atoms with Gasteiger partial charge in [-0.25, -0.2) is 4.98 Å². The van der Waals surface area contributed by atoms with E-state index in [2.05, 4.69) is 15.6 Å². The molecule has 5 nitrogen and oxygen atoms in total. The van der Waals surface area contributed by atoms with E-state index >= 15 is 0 Å². The van der Waals surface area contributed by atoms with Crippen molar-refractivity contribution in [3.8, 4) is 0 Å². The van der Waals surface area contributed by atoms with Gasteiger partial charge in [-0.1, -0.05) is 31.5 Å². The van der Waals surface area contributed by atoms with Crippen LogP contribution in [-0.2, 0) is 4.74 Å². The molecule has 1 aliphatic rings. The number of carbonyl (C=O) groups excluding carboxylic acids is 1. The van der Waals surface area contributed by atoms with E-state index in [0.29, 0.717) is 28.9 Å². The number of hydrogen-bond acceptors (Lipinski definition) is 4. The van der Waals surface area contributed by atoms with Gasteiger partial charge in [-0.3, -0.25) is 4.79 Å². The summed E-state index contributed by atoms with van der Waals surface area (Å²) in [5, 5.41) is 6.98. The third kappa shape index (κ3) is 5.44. The number of carbonyl (C=O) groups is 1. The Morgan fingerprint density at radius 1 is 1.26 bits per heavy atom. The van der Waals surface area contributed by atoms with Gasteiger partial charge in [0.25, 0.3) is 5.91 Å². The van der Waals surface area contributed by atoms with E-state index in [4.69, 9.17) is 16.3 Å². The minimum absolute atomic E-state index is 0.0630. The fourth-order valence-electron chi connectivity index (χ4n) is 3.17. The molecule has 0 saturated carbocycles. The van der Waals surface area contributed by atoms with Crippen LogP contribution < -0.4 is 10.6 Å². The minimum Gasteiger partial charge on any atom is -0.381 e. The van der Waals surface area contributed by atoms with Gasteiger partial charge in [-0.15, -0.1) is 0 Å². The number of ether oxygens (including phenoxy) is 1. The molecule has 2 aromatic rings. The van der Waals surface area contributed by atoms with Crippen molar-refractivity contribution < 1.29 is 9.53 Å². The van der Waals surface area contributed by atoms with E-state index in [1.807, 2.05) is 50.2 Å². The highest BCUT2D eigenvalue weighted by molar-refractivity contribution is 6.30. The molecule has 1 amide bonds. The number of pyridine rings is 1. The average Bonchev–Trinajstić information content (AvgIpc) is 2.67. The van der Waals surface area contributed by atoms with Crippen molar-refractivity contribution in [1.29, 1.82) is 0 Å². The summed E-state index contributed by atoms with van der Waals surface area (Å²) in [7, 11) is 0.